The van der Waals surface area contributed by atoms with Crippen LogP contribution in [-0.4, -0.2) is 13.0 Å². The van der Waals surface area contributed by atoms with Gasteiger partial charge in [0, 0.05) is 5.56 Å². The summed E-state index contributed by atoms with van der Waals surface area (Å²) in [6, 6.07) is 14.7. The fourth-order valence-corrected chi connectivity index (χ4v) is 3.41. The molecule has 3 nitrogen and oxygen atoms in total. The van der Waals surface area contributed by atoms with E-state index in [1.54, 1.807) is 13.0 Å². The Labute approximate surface area is 172 Å². The molecule has 3 aromatic rings. The minimum Gasteiger partial charge on any atom is -0.744 e. The molecule has 0 saturated heterocycles. The van der Waals surface area contributed by atoms with Gasteiger partial charge in [0.15, 0.2) is 0 Å². The molecule has 3 rings (SSSR count). The van der Waals surface area contributed by atoms with Crippen LogP contribution in [-0.2, 0) is 10.1 Å². The van der Waals surface area contributed by atoms with Gasteiger partial charge in [-0.25, -0.2) is 8.42 Å². The van der Waals surface area contributed by atoms with Gasteiger partial charge in [-0.2, -0.15) is 0 Å². The maximum atomic E-state index is 11.5. The summed E-state index contributed by atoms with van der Waals surface area (Å²) < 4.78 is 34.4. The van der Waals surface area contributed by atoms with Crippen molar-refractivity contribution in [2.75, 3.05) is 0 Å². The zero-order valence-corrected chi connectivity index (χ0v) is 16.4. The molecule has 0 aliphatic rings. The predicted octanol–water partition coefficient (Wildman–Crippen LogP) is 0.934. The van der Waals surface area contributed by atoms with Crippen LogP contribution >= 0.6 is 0 Å². The van der Waals surface area contributed by atoms with Gasteiger partial charge in [-0.15, -0.1) is 0 Å². The second-order valence-corrected chi connectivity index (χ2v) is 6.44. The Bertz CT molecular complexity index is 991. The molecular formula is C17H13KO3S. The van der Waals surface area contributed by atoms with Crippen molar-refractivity contribution in [3.8, 4) is 0 Å². The fraction of sp³-hybridized carbons (Fsp3) is 0.0588. The van der Waals surface area contributed by atoms with Gasteiger partial charge in [-0.05, 0) is 52.2 Å². The maximum Gasteiger partial charge on any atom is 1.00 e. The first kappa shape index (κ1) is 17.8. The molecule has 0 spiro atoms. The van der Waals surface area contributed by atoms with Gasteiger partial charge in [0.25, 0.3) is 0 Å². The Hall–Kier alpha value is -0.534. The Morgan fingerprint density at radius 1 is 1.00 bits per heavy atom. The molecule has 0 aromatic heterocycles. The molecule has 106 valence electrons. The second kappa shape index (κ2) is 6.53. The van der Waals surface area contributed by atoms with Gasteiger partial charge >= 0.3 is 51.4 Å². The van der Waals surface area contributed by atoms with Crippen molar-refractivity contribution >= 4 is 37.2 Å². The molecule has 22 heavy (non-hydrogen) atoms. The van der Waals surface area contributed by atoms with Crippen molar-refractivity contribution in [2.45, 2.75) is 11.8 Å². The number of benzene rings is 3. The third-order valence-electron chi connectivity index (χ3n) is 3.54. The molecule has 0 amide bonds. The van der Waals surface area contributed by atoms with E-state index in [9.17, 15) is 13.0 Å². The first-order chi connectivity index (χ1) is 9.88. The Morgan fingerprint density at radius 3 is 2.14 bits per heavy atom. The van der Waals surface area contributed by atoms with Crippen LogP contribution in [0.4, 0.5) is 0 Å². The van der Waals surface area contributed by atoms with Crippen molar-refractivity contribution in [3.05, 3.63) is 60.7 Å². The maximum absolute atomic E-state index is 11.5. The molecule has 0 saturated carbocycles. The molecule has 0 heterocycles. The van der Waals surface area contributed by atoms with E-state index in [2.05, 4.69) is 6.58 Å². The van der Waals surface area contributed by atoms with E-state index in [1.807, 2.05) is 36.4 Å². The minimum absolute atomic E-state index is 0. The molecule has 3 aromatic carbocycles. The zero-order valence-electron chi connectivity index (χ0n) is 12.5. The van der Waals surface area contributed by atoms with Crippen LogP contribution in [0.3, 0.4) is 0 Å². The van der Waals surface area contributed by atoms with Gasteiger partial charge in [0.05, 0.1) is 4.90 Å². The van der Waals surface area contributed by atoms with E-state index in [0.29, 0.717) is 11.1 Å². The average molecular weight is 336 g/mol. The molecular weight excluding hydrogens is 323 g/mol. The van der Waals surface area contributed by atoms with Gasteiger partial charge in [-0.1, -0.05) is 36.9 Å². The first-order valence-corrected chi connectivity index (χ1v) is 7.86. The van der Waals surface area contributed by atoms with Crippen LogP contribution in [0.1, 0.15) is 12.5 Å². The molecule has 0 aliphatic heterocycles. The Kier molecular flexibility index (Phi) is 5.29. The largest absolute Gasteiger partial charge is 1.00 e. The summed E-state index contributed by atoms with van der Waals surface area (Å²) in [5.41, 5.74) is 0.971. The summed E-state index contributed by atoms with van der Waals surface area (Å²) >= 11 is 0. The van der Waals surface area contributed by atoms with Crippen molar-refractivity contribution < 1.29 is 64.4 Å². The van der Waals surface area contributed by atoms with Gasteiger partial charge in [0.1, 0.15) is 10.1 Å². The monoisotopic (exact) mass is 336 g/mol. The number of rotatable bonds is 2. The average Bonchev–Trinajstić information content (AvgIpc) is 2.42. The Balaban J connectivity index is 0.00000176. The van der Waals surface area contributed by atoms with Crippen LogP contribution in [0, 0.1) is 0 Å². The normalized spacial score (nSPS) is 11.4. The smallest absolute Gasteiger partial charge is 0.744 e. The summed E-state index contributed by atoms with van der Waals surface area (Å²) in [7, 11) is -4.53. The molecule has 0 aliphatic carbocycles. The van der Waals surface area contributed by atoms with E-state index in [4.69, 9.17) is 0 Å². The molecule has 5 heteroatoms. The zero-order chi connectivity index (χ0) is 15.2. The fourth-order valence-electron chi connectivity index (χ4n) is 2.64. The minimum atomic E-state index is -4.53. The van der Waals surface area contributed by atoms with Crippen LogP contribution in [0.5, 0.6) is 0 Å². The quantitative estimate of drug-likeness (QED) is 0.397. The molecule has 0 unspecified atom stereocenters. The van der Waals surface area contributed by atoms with E-state index >= 15 is 0 Å². The molecule has 0 fully saturated rings. The van der Waals surface area contributed by atoms with Gasteiger partial charge in [-0.3, -0.25) is 0 Å². The topological polar surface area (TPSA) is 57.2 Å². The van der Waals surface area contributed by atoms with Crippen LogP contribution < -0.4 is 51.4 Å². The third kappa shape index (κ3) is 3.21. The molecule has 0 N–H and O–H groups in total. The first-order valence-electron chi connectivity index (χ1n) is 6.45. The molecule has 0 bridgehead atoms. The summed E-state index contributed by atoms with van der Waals surface area (Å²) in [5.74, 6) is 0. The Morgan fingerprint density at radius 2 is 1.59 bits per heavy atom. The second-order valence-electron chi connectivity index (χ2n) is 5.09. The molecule has 0 atom stereocenters. The van der Waals surface area contributed by atoms with Crippen LogP contribution in [0.15, 0.2) is 60.0 Å². The number of fused-ring (bicyclic) bond motifs is 2. The summed E-state index contributed by atoms with van der Waals surface area (Å²) in [6.45, 7) is 5.53. The standard InChI is InChI=1S/C17H14O3S.K/c1-11(2)17-15-10-13-6-4-3-5-12(13)9-14(15)7-8-16(17)21(18,19)20;/h3-10H,1H2,2H3,(H,18,19,20);/q;+1/p-1. The summed E-state index contributed by atoms with van der Waals surface area (Å²) in [4.78, 5) is -0.210. The third-order valence-corrected chi connectivity index (χ3v) is 4.42. The molecule has 0 radical (unpaired) electrons. The number of hydrogen-bond donors (Lipinski definition) is 0. The van der Waals surface area contributed by atoms with Crippen molar-refractivity contribution in [1.29, 1.82) is 0 Å². The van der Waals surface area contributed by atoms with E-state index in [-0.39, 0.29) is 56.3 Å². The van der Waals surface area contributed by atoms with Crippen molar-refractivity contribution in [2.24, 2.45) is 0 Å². The van der Waals surface area contributed by atoms with Gasteiger partial charge < -0.3 is 4.55 Å². The summed E-state index contributed by atoms with van der Waals surface area (Å²) in [6.07, 6.45) is 0. The van der Waals surface area contributed by atoms with E-state index in [0.717, 1.165) is 21.5 Å². The SMILES string of the molecule is C=C(C)c1c(S(=O)(=O)[O-])ccc2cc3ccccc3cc12.[K+]. The van der Waals surface area contributed by atoms with Gasteiger partial charge in [0.2, 0.25) is 0 Å². The van der Waals surface area contributed by atoms with Crippen LogP contribution in [0.25, 0.3) is 27.1 Å². The van der Waals surface area contributed by atoms with E-state index in [1.165, 1.54) is 6.07 Å². The summed E-state index contributed by atoms with van der Waals surface area (Å²) in [5, 5.41) is 3.68. The number of allylic oxidation sites excluding steroid dienone is 1. The van der Waals surface area contributed by atoms with Crippen molar-refractivity contribution in [3.63, 3.8) is 0 Å². The van der Waals surface area contributed by atoms with E-state index < -0.39 is 10.1 Å². The predicted molar refractivity (Wildman–Crippen MR) is 84.1 cm³/mol. The number of hydrogen-bond acceptors (Lipinski definition) is 3. The van der Waals surface area contributed by atoms with Crippen molar-refractivity contribution in [1.82, 2.24) is 0 Å². The van der Waals surface area contributed by atoms with Crippen LogP contribution in [0.2, 0.25) is 0 Å².